The van der Waals surface area contributed by atoms with Gasteiger partial charge in [-0.15, -0.1) is 0 Å². The van der Waals surface area contributed by atoms with Gasteiger partial charge in [0.2, 0.25) is 0 Å². The minimum absolute atomic E-state index is 0.283. The van der Waals surface area contributed by atoms with Crippen LogP contribution in [0.1, 0.15) is 30.6 Å². The van der Waals surface area contributed by atoms with Crippen molar-refractivity contribution in [3.63, 3.8) is 0 Å². The van der Waals surface area contributed by atoms with Crippen molar-refractivity contribution in [3.05, 3.63) is 47.7 Å². The van der Waals surface area contributed by atoms with Crippen LogP contribution < -0.4 is 10.6 Å². The van der Waals surface area contributed by atoms with Gasteiger partial charge in [0.15, 0.2) is 11.8 Å². The van der Waals surface area contributed by atoms with Crippen molar-refractivity contribution in [1.82, 2.24) is 30.4 Å². The van der Waals surface area contributed by atoms with Gasteiger partial charge in [0.25, 0.3) is 0 Å². The molecule has 1 unspecified atom stereocenters. The predicted molar refractivity (Wildman–Crippen MR) is 114 cm³/mol. The van der Waals surface area contributed by atoms with E-state index in [-0.39, 0.29) is 6.04 Å². The van der Waals surface area contributed by atoms with E-state index in [1.807, 2.05) is 4.68 Å². The third-order valence-electron chi connectivity index (χ3n) is 5.19. The van der Waals surface area contributed by atoms with E-state index < -0.39 is 0 Å². The normalized spacial score (nSPS) is 16.8. The molecule has 1 aromatic carbocycles. The molecule has 2 aromatic heterocycles. The van der Waals surface area contributed by atoms with Crippen LogP contribution in [-0.2, 0) is 30.7 Å². The number of guanidine groups is 1. The fourth-order valence-electron chi connectivity index (χ4n) is 3.81. The van der Waals surface area contributed by atoms with Gasteiger partial charge >= 0.3 is 0 Å². The molecule has 154 valence electrons. The van der Waals surface area contributed by atoms with Gasteiger partial charge in [-0.1, -0.05) is 18.2 Å². The van der Waals surface area contributed by atoms with Crippen molar-refractivity contribution in [2.24, 2.45) is 4.99 Å². The number of nitrogens with zero attached hydrogens (tertiary/aromatic N) is 4. The lowest BCUT2D eigenvalue weighted by atomic mass is 10.1. The maximum absolute atomic E-state index is 5.15. The first-order valence-corrected chi connectivity index (χ1v) is 10.3. The van der Waals surface area contributed by atoms with Crippen LogP contribution in [-0.4, -0.2) is 51.9 Å². The summed E-state index contributed by atoms with van der Waals surface area (Å²) < 4.78 is 7.14. The van der Waals surface area contributed by atoms with Crippen molar-refractivity contribution >= 4 is 16.9 Å². The Bertz CT molecular complexity index is 974. The summed E-state index contributed by atoms with van der Waals surface area (Å²) in [5.41, 5.74) is 2.48. The van der Waals surface area contributed by atoms with Crippen LogP contribution in [0.5, 0.6) is 0 Å². The second-order valence-corrected chi connectivity index (χ2v) is 7.31. The highest BCUT2D eigenvalue weighted by atomic mass is 16.5. The number of fused-ring (bicyclic) bond motifs is 2. The fraction of sp³-hybridized carbons (Fsp3) is 0.476. The van der Waals surface area contributed by atoms with Gasteiger partial charge < -0.3 is 20.4 Å². The molecule has 0 amide bonds. The highest BCUT2D eigenvalue weighted by molar-refractivity contribution is 5.83. The van der Waals surface area contributed by atoms with Gasteiger partial charge in [0, 0.05) is 49.8 Å². The summed E-state index contributed by atoms with van der Waals surface area (Å²) in [6.45, 7) is 4.90. The molecule has 8 heteroatoms. The van der Waals surface area contributed by atoms with Crippen LogP contribution in [0.3, 0.4) is 0 Å². The summed E-state index contributed by atoms with van der Waals surface area (Å²) in [7, 11) is 1.67. The van der Waals surface area contributed by atoms with E-state index in [4.69, 9.17) is 9.73 Å². The number of H-pyrrole nitrogens is 1. The van der Waals surface area contributed by atoms with Crippen molar-refractivity contribution in [1.29, 1.82) is 0 Å². The highest BCUT2D eigenvalue weighted by Gasteiger charge is 2.22. The van der Waals surface area contributed by atoms with E-state index in [1.165, 1.54) is 16.5 Å². The summed E-state index contributed by atoms with van der Waals surface area (Å²) in [5.74, 6) is 2.65. The highest BCUT2D eigenvalue weighted by Crippen LogP contribution is 2.18. The minimum atomic E-state index is 0.283. The lowest BCUT2D eigenvalue weighted by molar-refractivity contribution is 0.177. The molecule has 0 saturated carbocycles. The molecule has 0 fully saturated rings. The average Bonchev–Trinajstić information content (AvgIpc) is 3.32. The smallest absolute Gasteiger partial charge is 0.191 e. The molecule has 8 nitrogen and oxygen atoms in total. The lowest BCUT2D eigenvalue weighted by Crippen LogP contribution is -2.47. The first kappa shape index (κ1) is 19.4. The van der Waals surface area contributed by atoms with Crippen molar-refractivity contribution in [3.8, 4) is 0 Å². The molecule has 3 N–H and O–H groups in total. The SMILES string of the molecule is CCNC(=NCCc1c[nH]c2ccccc12)NC1CCc2nc(COC)nn2C1. The Hall–Kier alpha value is -2.87. The summed E-state index contributed by atoms with van der Waals surface area (Å²) in [6.07, 6.45) is 4.91. The van der Waals surface area contributed by atoms with Crippen molar-refractivity contribution < 1.29 is 4.74 Å². The Morgan fingerprint density at radius 2 is 2.28 bits per heavy atom. The lowest BCUT2D eigenvalue weighted by Gasteiger charge is -2.25. The van der Waals surface area contributed by atoms with E-state index >= 15 is 0 Å². The number of ether oxygens (including phenoxy) is 1. The number of benzene rings is 1. The maximum Gasteiger partial charge on any atom is 0.191 e. The van der Waals surface area contributed by atoms with Crippen LogP contribution in [0, 0.1) is 0 Å². The summed E-state index contributed by atoms with van der Waals surface area (Å²) in [4.78, 5) is 12.7. The molecule has 0 bridgehead atoms. The van der Waals surface area contributed by atoms with Gasteiger partial charge in [-0.05, 0) is 31.4 Å². The molecule has 1 aliphatic heterocycles. The molecular formula is C21H29N7O. The summed E-state index contributed by atoms with van der Waals surface area (Å²) in [6, 6.07) is 8.67. The number of para-hydroxylation sites is 1. The van der Waals surface area contributed by atoms with Crippen LogP contribution in [0.15, 0.2) is 35.5 Å². The number of rotatable bonds is 7. The number of hydrogen-bond donors (Lipinski definition) is 3. The Morgan fingerprint density at radius 1 is 1.38 bits per heavy atom. The van der Waals surface area contributed by atoms with Gasteiger partial charge in [-0.3, -0.25) is 4.99 Å². The van der Waals surface area contributed by atoms with E-state index in [1.54, 1.807) is 7.11 Å². The van der Waals surface area contributed by atoms with Gasteiger partial charge in [0.05, 0.1) is 6.54 Å². The van der Waals surface area contributed by atoms with E-state index in [2.05, 4.69) is 63.1 Å². The fourth-order valence-corrected chi connectivity index (χ4v) is 3.81. The van der Waals surface area contributed by atoms with Gasteiger partial charge in [-0.25, -0.2) is 9.67 Å². The Labute approximate surface area is 170 Å². The second kappa shape index (κ2) is 9.09. The number of hydrogen-bond acceptors (Lipinski definition) is 4. The molecule has 0 spiro atoms. The maximum atomic E-state index is 5.15. The number of aromatic nitrogens is 4. The predicted octanol–water partition coefficient (Wildman–Crippen LogP) is 2.02. The molecule has 29 heavy (non-hydrogen) atoms. The third kappa shape index (κ3) is 4.59. The largest absolute Gasteiger partial charge is 0.377 e. The van der Waals surface area contributed by atoms with Gasteiger partial charge in [-0.2, -0.15) is 5.10 Å². The summed E-state index contributed by atoms with van der Waals surface area (Å²) in [5, 5.41) is 12.8. The standard InChI is InChI=1S/C21H29N7O/c1-3-22-21(23-11-10-15-12-24-18-7-5-4-6-17(15)18)25-16-8-9-20-26-19(14-29-2)27-28(20)13-16/h4-7,12,16,24H,3,8-11,13-14H2,1-2H3,(H2,22,23,25). The molecule has 1 aliphatic rings. The van der Waals surface area contributed by atoms with Crippen LogP contribution in [0.2, 0.25) is 0 Å². The third-order valence-corrected chi connectivity index (χ3v) is 5.19. The zero-order valence-corrected chi connectivity index (χ0v) is 17.1. The first-order chi connectivity index (χ1) is 14.3. The number of aliphatic imine (C=N–C) groups is 1. The number of methoxy groups -OCH3 is 1. The van der Waals surface area contributed by atoms with Crippen LogP contribution >= 0.6 is 0 Å². The molecule has 0 saturated heterocycles. The quantitative estimate of drug-likeness (QED) is 0.420. The monoisotopic (exact) mass is 395 g/mol. The number of nitrogens with one attached hydrogen (secondary N) is 3. The van der Waals surface area contributed by atoms with Crippen molar-refractivity contribution in [2.45, 2.75) is 45.4 Å². The Balaban J connectivity index is 1.37. The molecule has 0 aliphatic carbocycles. The molecule has 3 aromatic rings. The topological polar surface area (TPSA) is 92.2 Å². The van der Waals surface area contributed by atoms with E-state index in [0.717, 1.165) is 56.5 Å². The molecule has 4 rings (SSSR count). The minimum Gasteiger partial charge on any atom is -0.377 e. The van der Waals surface area contributed by atoms with E-state index in [9.17, 15) is 0 Å². The zero-order chi connectivity index (χ0) is 20.1. The van der Waals surface area contributed by atoms with Crippen LogP contribution in [0.4, 0.5) is 0 Å². The zero-order valence-electron chi connectivity index (χ0n) is 17.1. The Kier molecular flexibility index (Phi) is 6.09. The number of aryl methyl sites for hydroxylation is 1. The van der Waals surface area contributed by atoms with E-state index in [0.29, 0.717) is 6.61 Å². The Morgan fingerprint density at radius 3 is 3.14 bits per heavy atom. The molecule has 3 heterocycles. The summed E-state index contributed by atoms with van der Waals surface area (Å²) >= 11 is 0. The van der Waals surface area contributed by atoms with Crippen molar-refractivity contribution in [2.75, 3.05) is 20.2 Å². The van der Waals surface area contributed by atoms with Crippen LogP contribution in [0.25, 0.3) is 10.9 Å². The molecular weight excluding hydrogens is 366 g/mol. The second-order valence-electron chi connectivity index (χ2n) is 7.31. The average molecular weight is 396 g/mol. The molecule has 0 radical (unpaired) electrons. The number of aromatic amines is 1. The van der Waals surface area contributed by atoms with Gasteiger partial charge in [0.1, 0.15) is 12.4 Å². The first-order valence-electron chi connectivity index (χ1n) is 10.3. The molecule has 1 atom stereocenters.